The van der Waals surface area contributed by atoms with Crippen LogP contribution in [0.5, 0.6) is 0 Å². The Labute approximate surface area is 111 Å². The minimum atomic E-state index is -0.0498. The first kappa shape index (κ1) is 12.1. The molecule has 18 heavy (non-hydrogen) atoms. The number of nitrogens with one attached hydrogen (secondary N) is 1. The van der Waals surface area contributed by atoms with Gasteiger partial charge in [0.1, 0.15) is 0 Å². The highest BCUT2D eigenvalue weighted by atomic mass is 32.1. The summed E-state index contributed by atoms with van der Waals surface area (Å²) < 4.78 is 8.01. The summed E-state index contributed by atoms with van der Waals surface area (Å²) in [5.41, 5.74) is 1.09. The van der Waals surface area contributed by atoms with E-state index in [2.05, 4.69) is 39.4 Å². The van der Waals surface area contributed by atoms with Crippen molar-refractivity contribution in [2.75, 3.05) is 13.7 Å². The molecule has 1 N–H and O–H groups in total. The van der Waals surface area contributed by atoms with Gasteiger partial charge in [0.15, 0.2) is 4.96 Å². The van der Waals surface area contributed by atoms with E-state index >= 15 is 0 Å². The summed E-state index contributed by atoms with van der Waals surface area (Å²) in [6.45, 7) is 3.09. The van der Waals surface area contributed by atoms with E-state index < -0.39 is 0 Å². The van der Waals surface area contributed by atoms with E-state index in [0.717, 1.165) is 36.5 Å². The lowest BCUT2D eigenvalue weighted by molar-refractivity contribution is -0.00964. The van der Waals surface area contributed by atoms with Crippen molar-refractivity contribution in [3.63, 3.8) is 0 Å². The topological polar surface area (TPSA) is 38.6 Å². The van der Waals surface area contributed by atoms with Crippen molar-refractivity contribution in [2.24, 2.45) is 0 Å². The summed E-state index contributed by atoms with van der Waals surface area (Å²) in [7, 11) is 2.01. The average Bonchev–Trinajstić information content (AvgIpc) is 3.01. The lowest BCUT2D eigenvalue weighted by Gasteiger charge is -2.32. The third-order valence-electron chi connectivity index (χ3n) is 3.89. The van der Waals surface area contributed by atoms with E-state index in [-0.39, 0.29) is 5.60 Å². The first-order chi connectivity index (χ1) is 8.71. The number of likely N-dealkylation sites (N-methyl/N-ethyl adjacent to an activating group) is 1. The van der Waals surface area contributed by atoms with Crippen molar-refractivity contribution >= 4 is 16.3 Å². The van der Waals surface area contributed by atoms with Crippen molar-refractivity contribution < 1.29 is 4.74 Å². The molecule has 0 aliphatic carbocycles. The summed E-state index contributed by atoms with van der Waals surface area (Å²) in [6, 6.07) is 0.324. The molecule has 0 amide bonds. The maximum atomic E-state index is 5.93. The third-order valence-corrected chi connectivity index (χ3v) is 4.66. The molecule has 2 aromatic heterocycles. The fraction of sp³-hybridized carbons (Fsp3) is 0.615. The van der Waals surface area contributed by atoms with Gasteiger partial charge in [-0.2, -0.15) is 0 Å². The van der Waals surface area contributed by atoms with Crippen LogP contribution in [0.15, 0.2) is 17.8 Å². The number of ether oxygens (including phenoxy) is 1. The van der Waals surface area contributed by atoms with Gasteiger partial charge in [0.25, 0.3) is 0 Å². The van der Waals surface area contributed by atoms with Crippen molar-refractivity contribution in [3.05, 3.63) is 23.5 Å². The molecule has 0 bridgehead atoms. The van der Waals surface area contributed by atoms with Crippen LogP contribution >= 0.6 is 11.3 Å². The molecular weight excluding hydrogens is 246 g/mol. The standard InChI is InChI=1S/C13H19N3OS/c1-13(4-3-6-17-13)11(14-2)8-10-9-16-5-7-18-12(16)15-10/h5,7,9,11,14H,3-4,6,8H2,1-2H3. The Bertz CT molecular complexity index is 499. The van der Waals surface area contributed by atoms with E-state index in [1.54, 1.807) is 11.3 Å². The molecule has 0 aromatic carbocycles. The zero-order valence-electron chi connectivity index (χ0n) is 10.8. The highest BCUT2D eigenvalue weighted by Gasteiger charge is 2.37. The lowest BCUT2D eigenvalue weighted by atomic mass is 9.90. The van der Waals surface area contributed by atoms with Crippen LogP contribution in [0.4, 0.5) is 0 Å². The molecule has 98 valence electrons. The van der Waals surface area contributed by atoms with Crippen molar-refractivity contribution in [1.82, 2.24) is 14.7 Å². The zero-order chi connectivity index (χ0) is 12.6. The summed E-state index contributed by atoms with van der Waals surface area (Å²) >= 11 is 1.67. The molecule has 1 fully saturated rings. The first-order valence-corrected chi connectivity index (χ1v) is 7.31. The second-order valence-electron chi connectivity index (χ2n) is 5.14. The van der Waals surface area contributed by atoms with Crippen LogP contribution in [0, 0.1) is 0 Å². The van der Waals surface area contributed by atoms with E-state index in [1.807, 2.05) is 7.05 Å². The number of fused-ring (bicyclic) bond motifs is 1. The van der Waals surface area contributed by atoms with Crippen LogP contribution in [0.3, 0.4) is 0 Å². The van der Waals surface area contributed by atoms with E-state index in [1.165, 1.54) is 0 Å². The Morgan fingerprint density at radius 2 is 2.56 bits per heavy atom. The Morgan fingerprint density at radius 1 is 1.67 bits per heavy atom. The number of nitrogens with zero attached hydrogens (tertiary/aromatic N) is 2. The van der Waals surface area contributed by atoms with Gasteiger partial charge in [-0.05, 0) is 26.8 Å². The Kier molecular flexibility index (Phi) is 3.13. The Morgan fingerprint density at radius 3 is 3.22 bits per heavy atom. The second kappa shape index (κ2) is 4.64. The van der Waals surface area contributed by atoms with Gasteiger partial charge in [-0.15, -0.1) is 11.3 Å². The predicted molar refractivity (Wildman–Crippen MR) is 73.2 cm³/mol. The van der Waals surface area contributed by atoms with Gasteiger partial charge < -0.3 is 10.1 Å². The van der Waals surface area contributed by atoms with Gasteiger partial charge in [0, 0.05) is 36.8 Å². The quantitative estimate of drug-likeness (QED) is 0.920. The maximum Gasteiger partial charge on any atom is 0.193 e. The SMILES string of the molecule is CNC(Cc1cn2ccsc2n1)C1(C)CCCO1. The molecule has 0 saturated carbocycles. The molecule has 1 aliphatic rings. The molecule has 2 atom stereocenters. The second-order valence-corrected chi connectivity index (χ2v) is 6.01. The van der Waals surface area contributed by atoms with Crippen LogP contribution in [0.2, 0.25) is 0 Å². The average molecular weight is 265 g/mol. The molecule has 0 radical (unpaired) electrons. The lowest BCUT2D eigenvalue weighted by Crippen LogP contribution is -2.48. The number of hydrogen-bond donors (Lipinski definition) is 1. The fourth-order valence-corrected chi connectivity index (χ4v) is 3.50. The molecule has 5 heteroatoms. The van der Waals surface area contributed by atoms with Crippen LogP contribution < -0.4 is 5.32 Å². The highest BCUT2D eigenvalue weighted by molar-refractivity contribution is 7.15. The molecule has 2 unspecified atom stereocenters. The predicted octanol–water partition coefficient (Wildman–Crippen LogP) is 2.10. The maximum absolute atomic E-state index is 5.93. The van der Waals surface area contributed by atoms with E-state index in [9.17, 15) is 0 Å². The minimum absolute atomic E-state index is 0.0498. The number of aromatic nitrogens is 2. The first-order valence-electron chi connectivity index (χ1n) is 6.43. The van der Waals surface area contributed by atoms with Crippen molar-refractivity contribution in [2.45, 2.75) is 37.8 Å². The Balaban J connectivity index is 1.79. The fourth-order valence-electron chi connectivity index (χ4n) is 2.78. The largest absolute Gasteiger partial charge is 0.374 e. The van der Waals surface area contributed by atoms with Gasteiger partial charge in [0.2, 0.25) is 0 Å². The molecule has 3 heterocycles. The van der Waals surface area contributed by atoms with Crippen molar-refractivity contribution in [3.8, 4) is 0 Å². The number of hydrogen-bond acceptors (Lipinski definition) is 4. The van der Waals surface area contributed by atoms with Gasteiger partial charge >= 0.3 is 0 Å². The van der Waals surface area contributed by atoms with Crippen LogP contribution in [0.1, 0.15) is 25.5 Å². The smallest absolute Gasteiger partial charge is 0.193 e. The minimum Gasteiger partial charge on any atom is -0.374 e. The third kappa shape index (κ3) is 2.06. The summed E-state index contributed by atoms with van der Waals surface area (Å²) in [4.78, 5) is 5.72. The molecule has 3 rings (SSSR count). The van der Waals surface area contributed by atoms with E-state index in [0.29, 0.717) is 6.04 Å². The summed E-state index contributed by atoms with van der Waals surface area (Å²) in [5.74, 6) is 0. The molecule has 0 spiro atoms. The Hall–Kier alpha value is -0.910. The van der Waals surface area contributed by atoms with E-state index in [4.69, 9.17) is 4.74 Å². The zero-order valence-corrected chi connectivity index (χ0v) is 11.7. The normalized spacial score (nSPS) is 25.9. The number of rotatable bonds is 4. The molecule has 1 aliphatic heterocycles. The van der Waals surface area contributed by atoms with Crippen LogP contribution in [0.25, 0.3) is 4.96 Å². The summed E-state index contributed by atoms with van der Waals surface area (Å²) in [6.07, 6.45) is 7.38. The van der Waals surface area contributed by atoms with Crippen LogP contribution in [-0.4, -0.2) is 34.7 Å². The molecule has 4 nitrogen and oxygen atoms in total. The van der Waals surface area contributed by atoms with Gasteiger partial charge in [-0.25, -0.2) is 4.98 Å². The number of imidazole rings is 1. The van der Waals surface area contributed by atoms with Gasteiger partial charge in [-0.1, -0.05) is 0 Å². The monoisotopic (exact) mass is 265 g/mol. The van der Waals surface area contributed by atoms with Gasteiger partial charge in [-0.3, -0.25) is 4.40 Å². The molecule has 1 saturated heterocycles. The highest BCUT2D eigenvalue weighted by Crippen LogP contribution is 2.30. The van der Waals surface area contributed by atoms with Crippen molar-refractivity contribution in [1.29, 1.82) is 0 Å². The molecular formula is C13H19N3OS. The molecule has 2 aromatic rings. The van der Waals surface area contributed by atoms with Crippen LogP contribution in [-0.2, 0) is 11.2 Å². The van der Waals surface area contributed by atoms with Gasteiger partial charge in [0.05, 0.1) is 11.3 Å². The summed E-state index contributed by atoms with van der Waals surface area (Å²) in [5, 5.41) is 5.46. The number of thiazole rings is 1.